The average Bonchev–Trinajstić information content (AvgIpc) is 2.82. The Bertz CT molecular complexity index is 1170. The molecule has 2 amide bonds. The number of halogens is 2. The maximum absolute atomic E-state index is 13.7. The van der Waals surface area contributed by atoms with Crippen LogP contribution >= 0.6 is 23.2 Å². The maximum Gasteiger partial charge on any atom is 0.244 e. The second kappa shape index (κ2) is 13.2. The van der Waals surface area contributed by atoms with Crippen LogP contribution in [0.4, 0.5) is 5.69 Å². The SMILES string of the molecule is CC[C@@H](C(=O)NCC(C)C)N(Cc1cccc(OC)c1)C(=O)CN(c1cccc(Cl)c1Cl)S(C)(=O)=O. The Hall–Kier alpha value is -2.49. The molecule has 8 nitrogen and oxygen atoms in total. The van der Waals surface area contributed by atoms with E-state index in [1.165, 1.54) is 24.1 Å². The molecule has 0 aliphatic heterocycles. The van der Waals surface area contributed by atoms with Gasteiger partial charge in [0.15, 0.2) is 0 Å². The van der Waals surface area contributed by atoms with E-state index in [1.807, 2.05) is 19.9 Å². The number of hydrogen-bond donors (Lipinski definition) is 1. The lowest BCUT2D eigenvalue weighted by molar-refractivity contribution is -0.140. The first-order valence-corrected chi connectivity index (χ1v) is 14.1. The molecular weight excluding hydrogens is 525 g/mol. The van der Waals surface area contributed by atoms with Gasteiger partial charge in [0.1, 0.15) is 18.3 Å². The molecule has 0 aromatic heterocycles. The number of methoxy groups -OCH3 is 1. The van der Waals surface area contributed by atoms with E-state index in [0.717, 1.165) is 16.1 Å². The smallest absolute Gasteiger partial charge is 0.244 e. The molecule has 11 heteroatoms. The highest BCUT2D eigenvalue weighted by molar-refractivity contribution is 7.92. The second-order valence-electron chi connectivity index (χ2n) is 8.78. The number of nitrogens with zero attached hydrogens (tertiary/aromatic N) is 2. The molecule has 1 N–H and O–H groups in total. The Balaban J connectivity index is 2.48. The third-order valence-electron chi connectivity index (χ3n) is 5.44. The van der Waals surface area contributed by atoms with Gasteiger partial charge in [-0.1, -0.05) is 62.2 Å². The van der Waals surface area contributed by atoms with Gasteiger partial charge in [0, 0.05) is 13.1 Å². The molecule has 198 valence electrons. The van der Waals surface area contributed by atoms with Crippen molar-refractivity contribution in [2.75, 3.05) is 30.8 Å². The van der Waals surface area contributed by atoms with Crippen LogP contribution in [0.2, 0.25) is 10.0 Å². The summed E-state index contributed by atoms with van der Waals surface area (Å²) in [5.74, 6) is -0.0552. The Morgan fingerprint density at radius 2 is 1.78 bits per heavy atom. The number of anilines is 1. The monoisotopic (exact) mass is 557 g/mol. The van der Waals surface area contributed by atoms with Crippen LogP contribution in [-0.4, -0.2) is 57.6 Å². The average molecular weight is 559 g/mol. The number of carbonyl (C=O) groups excluding carboxylic acids is 2. The zero-order valence-electron chi connectivity index (χ0n) is 21.1. The van der Waals surface area contributed by atoms with Crippen LogP contribution < -0.4 is 14.4 Å². The van der Waals surface area contributed by atoms with E-state index >= 15 is 0 Å². The van der Waals surface area contributed by atoms with Gasteiger partial charge >= 0.3 is 0 Å². The number of rotatable bonds is 12. The highest BCUT2D eigenvalue weighted by atomic mass is 35.5. The molecule has 2 aromatic rings. The fourth-order valence-corrected chi connectivity index (χ4v) is 4.89. The molecular formula is C25H33Cl2N3O5S. The molecule has 0 bridgehead atoms. The zero-order chi connectivity index (χ0) is 27.0. The van der Waals surface area contributed by atoms with E-state index in [2.05, 4.69) is 5.32 Å². The Labute approximate surface area is 223 Å². The Morgan fingerprint density at radius 1 is 1.11 bits per heavy atom. The number of amides is 2. The van der Waals surface area contributed by atoms with E-state index in [-0.39, 0.29) is 34.1 Å². The minimum absolute atomic E-state index is 0.0125. The maximum atomic E-state index is 13.7. The van der Waals surface area contributed by atoms with Gasteiger partial charge in [0.25, 0.3) is 0 Å². The summed E-state index contributed by atoms with van der Waals surface area (Å²) < 4.78 is 31.6. The lowest BCUT2D eigenvalue weighted by atomic mass is 10.1. The molecule has 0 aliphatic carbocycles. The van der Waals surface area contributed by atoms with E-state index in [1.54, 1.807) is 31.2 Å². The molecule has 0 saturated carbocycles. The second-order valence-corrected chi connectivity index (χ2v) is 11.5. The van der Waals surface area contributed by atoms with Crippen LogP contribution in [0, 0.1) is 5.92 Å². The minimum Gasteiger partial charge on any atom is -0.497 e. The zero-order valence-corrected chi connectivity index (χ0v) is 23.5. The number of carbonyl (C=O) groups is 2. The summed E-state index contributed by atoms with van der Waals surface area (Å²) in [6, 6.07) is 10.9. The van der Waals surface area contributed by atoms with Gasteiger partial charge in [-0.2, -0.15) is 0 Å². The normalized spacial score (nSPS) is 12.2. The van der Waals surface area contributed by atoms with E-state index in [4.69, 9.17) is 27.9 Å². The van der Waals surface area contributed by atoms with Crippen molar-refractivity contribution < 1.29 is 22.7 Å². The van der Waals surface area contributed by atoms with E-state index in [9.17, 15) is 18.0 Å². The van der Waals surface area contributed by atoms with Crippen LogP contribution in [-0.2, 0) is 26.2 Å². The lowest BCUT2D eigenvalue weighted by Crippen LogP contribution is -2.52. The van der Waals surface area contributed by atoms with Crippen LogP contribution in [0.1, 0.15) is 32.8 Å². The predicted molar refractivity (Wildman–Crippen MR) is 144 cm³/mol. The van der Waals surface area contributed by atoms with Gasteiger partial charge in [-0.05, 0) is 42.2 Å². The summed E-state index contributed by atoms with van der Waals surface area (Å²) in [4.78, 5) is 28.2. The number of hydrogen-bond acceptors (Lipinski definition) is 5. The van der Waals surface area contributed by atoms with Crippen LogP contribution in [0.25, 0.3) is 0 Å². The molecule has 0 unspecified atom stereocenters. The fourth-order valence-electron chi connectivity index (χ4n) is 3.59. The predicted octanol–water partition coefficient (Wildman–Crippen LogP) is 4.35. The van der Waals surface area contributed by atoms with Crippen LogP contribution in [0.5, 0.6) is 5.75 Å². The van der Waals surface area contributed by atoms with Gasteiger partial charge in [-0.3, -0.25) is 13.9 Å². The number of sulfonamides is 1. The summed E-state index contributed by atoms with van der Waals surface area (Å²) in [5.41, 5.74) is 0.808. The first-order valence-electron chi connectivity index (χ1n) is 11.5. The molecule has 0 heterocycles. The summed E-state index contributed by atoms with van der Waals surface area (Å²) in [6.45, 7) is 5.71. The largest absolute Gasteiger partial charge is 0.497 e. The lowest BCUT2D eigenvalue weighted by Gasteiger charge is -2.33. The topological polar surface area (TPSA) is 96.0 Å². The standard InChI is InChI=1S/C25H33Cl2N3O5S/c1-6-21(25(32)28-14-17(2)3)29(15-18-9-7-10-19(13-18)35-4)23(31)16-30(36(5,33)34)22-12-8-11-20(26)24(22)27/h7-13,17,21H,6,14-16H2,1-5H3,(H,28,32)/t21-/m0/s1. The summed E-state index contributed by atoms with van der Waals surface area (Å²) in [5, 5.41) is 3.05. The first kappa shape index (κ1) is 29.7. The highest BCUT2D eigenvalue weighted by Crippen LogP contribution is 2.33. The van der Waals surface area contributed by atoms with Crippen molar-refractivity contribution in [3.63, 3.8) is 0 Å². The van der Waals surface area contributed by atoms with E-state index < -0.39 is 28.5 Å². The molecule has 0 saturated heterocycles. The van der Waals surface area contributed by atoms with Crippen LogP contribution in [0.15, 0.2) is 42.5 Å². The molecule has 1 atom stereocenters. The molecule has 0 fully saturated rings. The molecule has 0 aliphatic rings. The van der Waals surface area contributed by atoms with Gasteiger partial charge in [0.05, 0.1) is 29.1 Å². The van der Waals surface area contributed by atoms with Crippen LogP contribution in [0.3, 0.4) is 0 Å². The Kier molecular flexibility index (Phi) is 10.9. The highest BCUT2D eigenvalue weighted by Gasteiger charge is 2.32. The Morgan fingerprint density at radius 3 is 2.36 bits per heavy atom. The van der Waals surface area contributed by atoms with Crippen molar-refractivity contribution >= 4 is 50.7 Å². The third kappa shape index (κ3) is 8.01. The van der Waals surface area contributed by atoms with Gasteiger partial charge in [-0.15, -0.1) is 0 Å². The van der Waals surface area contributed by atoms with Crippen molar-refractivity contribution in [1.29, 1.82) is 0 Å². The van der Waals surface area contributed by atoms with Gasteiger partial charge < -0.3 is 15.0 Å². The van der Waals surface area contributed by atoms with E-state index in [0.29, 0.717) is 18.7 Å². The van der Waals surface area contributed by atoms with Crippen molar-refractivity contribution in [1.82, 2.24) is 10.2 Å². The van der Waals surface area contributed by atoms with Gasteiger partial charge in [0.2, 0.25) is 21.8 Å². The molecule has 0 radical (unpaired) electrons. The third-order valence-corrected chi connectivity index (χ3v) is 7.37. The fraction of sp³-hybridized carbons (Fsp3) is 0.440. The molecule has 36 heavy (non-hydrogen) atoms. The first-order chi connectivity index (χ1) is 16.9. The molecule has 2 rings (SSSR count). The minimum atomic E-state index is -3.92. The van der Waals surface area contributed by atoms with Crippen molar-refractivity contribution in [2.45, 2.75) is 39.8 Å². The van der Waals surface area contributed by atoms with Gasteiger partial charge in [-0.25, -0.2) is 8.42 Å². The summed E-state index contributed by atoms with van der Waals surface area (Å²) in [7, 11) is -2.38. The number of benzene rings is 2. The van der Waals surface area contributed by atoms with Crippen molar-refractivity contribution in [3.8, 4) is 5.75 Å². The quantitative estimate of drug-likeness (QED) is 0.418. The number of ether oxygens (including phenoxy) is 1. The van der Waals surface area contributed by atoms with Crippen molar-refractivity contribution in [2.24, 2.45) is 5.92 Å². The summed E-state index contributed by atoms with van der Waals surface area (Å²) >= 11 is 12.4. The summed E-state index contributed by atoms with van der Waals surface area (Å²) in [6.07, 6.45) is 1.31. The van der Waals surface area contributed by atoms with Crippen molar-refractivity contribution in [3.05, 3.63) is 58.1 Å². The molecule has 0 spiro atoms. The molecule has 2 aromatic carbocycles. The number of nitrogens with one attached hydrogen (secondary N) is 1.